The second-order valence-electron chi connectivity index (χ2n) is 2.55. The van der Waals surface area contributed by atoms with Gasteiger partial charge in [0.25, 0.3) is 0 Å². The molecule has 0 fully saturated rings. The summed E-state index contributed by atoms with van der Waals surface area (Å²) >= 11 is 9.22. The molecule has 0 heterocycles. The summed E-state index contributed by atoms with van der Waals surface area (Å²) < 4.78 is 0.948. The van der Waals surface area contributed by atoms with Gasteiger partial charge < -0.3 is 5.11 Å². The number of rotatable bonds is 2. The summed E-state index contributed by atoms with van der Waals surface area (Å²) in [6, 6.07) is 5.51. The van der Waals surface area contributed by atoms with Crippen molar-refractivity contribution in [1.29, 1.82) is 0 Å². The van der Waals surface area contributed by atoms with Crippen molar-refractivity contribution in [3.05, 3.63) is 40.2 Å². The molecule has 1 aromatic carbocycles. The third-order valence-electron chi connectivity index (χ3n) is 1.62. The van der Waals surface area contributed by atoms with Gasteiger partial charge in [-0.05, 0) is 30.7 Å². The summed E-state index contributed by atoms with van der Waals surface area (Å²) in [7, 11) is 0. The van der Waals surface area contributed by atoms with Crippen LogP contribution in [-0.4, -0.2) is 11.7 Å². The van der Waals surface area contributed by atoms with Crippen LogP contribution in [0.3, 0.4) is 0 Å². The van der Waals surface area contributed by atoms with Gasteiger partial charge in [0, 0.05) is 22.0 Å². The Balaban J connectivity index is 3.04. The van der Waals surface area contributed by atoms with Crippen LogP contribution >= 0.6 is 27.5 Å². The highest BCUT2D eigenvalue weighted by Crippen LogP contribution is 2.26. The first-order chi connectivity index (χ1) is 5.65. The van der Waals surface area contributed by atoms with E-state index in [-0.39, 0.29) is 12.5 Å². The zero-order chi connectivity index (χ0) is 9.14. The molecule has 0 saturated heterocycles. The molecule has 1 radical (unpaired) electrons. The topological polar surface area (TPSA) is 20.2 Å². The zero-order valence-electron chi connectivity index (χ0n) is 6.43. The Hall–Kier alpha value is -0.0500. The SMILES string of the molecule is [CH2]C(CO)c1cc(Br)ccc1Cl. The van der Waals surface area contributed by atoms with Crippen molar-refractivity contribution in [2.24, 2.45) is 0 Å². The highest BCUT2D eigenvalue weighted by Gasteiger charge is 2.08. The number of benzene rings is 1. The molecule has 1 nitrogen and oxygen atoms in total. The van der Waals surface area contributed by atoms with E-state index in [4.69, 9.17) is 16.7 Å². The third-order valence-corrected chi connectivity index (χ3v) is 2.46. The van der Waals surface area contributed by atoms with Crippen molar-refractivity contribution in [3.63, 3.8) is 0 Å². The number of aliphatic hydroxyl groups is 1. The molecule has 0 aliphatic rings. The number of halogens is 2. The standard InChI is InChI=1S/C9H9BrClO/c1-6(5-12)8-4-7(10)2-3-9(8)11/h2-4,6,12H,1,5H2. The molecule has 0 saturated carbocycles. The third kappa shape index (κ3) is 2.22. The van der Waals surface area contributed by atoms with Crippen LogP contribution in [0.25, 0.3) is 0 Å². The molecular formula is C9H9BrClO. The predicted molar refractivity (Wildman–Crippen MR) is 54.3 cm³/mol. The predicted octanol–water partition coefficient (Wildman–Crippen LogP) is 3.01. The molecule has 0 amide bonds. The maximum Gasteiger partial charge on any atom is 0.0500 e. The van der Waals surface area contributed by atoms with E-state index >= 15 is 0 Å². The van der Waals surface area contributed by atoms with Crippen molar-refractivity contribution in [2.45, 2.75) is 5.92 Å². The highest BCUT2D eigenvalue weighted by molar-refractivity contribution is 9.10. The quantitative estimate of drug-likeness (QED) is 0.853. The van der Waals surface area contributed by atoms with E-state index in [9.17, 15) is 0 Å². The average Bonchev–Trinajstić information content (AvgIpc) is 2.08. The van der Waals surface area contributed by atoms with E-state index in [1.54, 1.807) is 6.07 Å². The van der Waals surface area contributed by atoms with Crippen molar-refractivity contribution in [1.82, 2.24) is 0 Å². The number of aliphatic hydroxyl groups excluding tert-OH is 1. The Bertz CT molecular complexity index is 275. The highest BCUT2D eigenvalue weighted by atomic mass is 79.9. The van der Waals surface area contributed by atoms with Gasteiger partial charge in [0.2, 0.25) is 0 Å². The summed E-state index contributed by atoms with van der Waals surface area (Å²) in [5.41, 5.74) is 0.869. The van der Waals surface area contributed by atoms with Crippen LogP contribution in [0.5, 0.6) is 0 Å². The van der Waals surface area contributed by atoms with E-state index in [1.807, 2.05) is 12.1 Å². The second kappa shape index (κ2) is 4.26. The lowest BCUT2D eigenvalue weighted by Gasteiger charge is -2.10. The minimum absolute atomic E-state index is 0.0101. The molecule has 3 heteroatoms. The van der Waals surface area contributed by atoms with Gasteiger partial charge in [0.05, 0.1) is 0 Å². The largest absolute Gasteiger partial charge is 0.396 e. The molecule has 12 heavy (non-hydrogen) atoms. The molecule has 1 aromatic rings. The molecule has 65 valence electrons. The molecule has 0 aliphatic carbocycles. The first-order valence-corrected chi connectivity index (χ1v) is 4.71. The van der Waals surface area contributed by atoms with Crippen molar-refractivity contribution < 1.29 is 5.11 Å². The zero-order valence-corrected chi connectivity index (χ0v) is 8.77. The van der Waals surface area contributed by atoms with Gasteiger partial charge in [0.15, 0.2) is 0 Å². The van der Waals surface area contributed by atoms with Crippen LogP contribution in [0, 0.1) is 6.92 Å². The van der Waals surface area contributed by atoms with E-state index in [2.05, 4.69) is 22.9 Å². The van der Waals surface area contributed by atoms with Gasteiger partial charge in [0.1, 0.15) is 0 Å². The van der Waals surface area contributed by atoms with Crippen LogP contribution < -0.4 is 0 Å². The Morgan fingerprint density at radius 1 is 1.58 bits per heavy atom. The maximum absolute atomic E-state index is 8.87. The number of hydrogen-bond donors (Lipinski definition) is 1. The molecule has 1 N–H and O–H groups in total. The molecular weight excluding hydrogens is 239 g/mol. The Morgan fingerprint density at radius 2 is 2.25 bits per heavy atom. The summed E-state index contributed by atoms with van der Waals surface area (Å²) in [5.74, 6) is -0.157. The fraction of sp³-hybridized carbons (Fsp3) is 0.222. The first-order valence-electron chi connectivity index (χ1n) is 3.54. The molecule has 0 spiro atoms. The van der Waals surface area contributed by atoms with Gasteiger partial charge in [-0.1, -0.05) is 27.5 Å². The first kappa shape index (κ1) is 10.0. The van der Waals surface area contributed by atoms with Crippen molar-refractivity contribution >= 4 is 27.5 Å². The smallest absolute Gasteiger partial charge is 0.0500 e. The van der Waals surface area contributed by atoms with Crippen LogP contribution in [0.4, 0.5) is 0 Å². The minimum Gasteiger partial charge on any atom is -0.396 e. The summed E-state index contributed by atoms with van der Waals surface area (Å²) in [4.78, 5) is 0. The van der Waals surface area contributed by atoms with Crippen molar-refractivity contribution in [3.8, 4) is 0 Å². The molecule has 1 atom stereocenters. The van der Waals surface area contributed by atoms with Crippen LogP contribution in [0.1, 0.15) is 11.5 Å². The van der Waals surface area contributed by atoms with E-state index < -0.39 is 0 Å². The van der Waals surface area contributed by atoms with Gasteiger partial charge in [-0.2, -0.15) is 0 Å². The summed E-state index contributed by atoms with van der Waals surface area (Å²) in [6.45, 7) is 3.78. The molecule has 0 bridgehead atoms. The normalized spacial score (nSPS) is 13.0. The Kier molecular flexibility index (Phi) is 3.56. The fourth-order valence-electron chi connectivity index (χ4n) is 0.926. The maximum atomic E-state index is 8.87. The van der Waals surface area contributed by atoms with Gasteiger partial charge in [-0.3, -0.25) is 0 Å². The molecule has 0 aliphatic heterocycles. The molecule has 1 rings (SSSR count). The fourth-order valence-corrected chi connectivity index (χ4v) is 1.58. The second-order valence-corrected chi connectivity index (χ2v) is 3.87. The van der Waals surface area contributed by atoms with E-state index in [0.717, 1.165) is 10.0 Å². The lowest BCUT2D eigenvalue weighted by molar-refractivity contribution is 0.282. The molecule has 1 unspecified atom stereocenters. The van der Waals surface area contributed by atoms with E-state index in [0.29, 0.717) is 5.02 Å². The van der Waals surface area contributed by atoms with Crippen molar-refractivity contribution in [2.75, 3.05) is 6.61 Å². The van der Waals surface area contributed by atoms with Gasteiger partial charge >= 0.3 is 0 Å². The van der Waals surface area contributed by atoms with Crippen LogP contribution in [0.15, 0.2) is 22.7 Å². The number of hydrogen-bond acceptors (Lipinski definition) is 1. The summed E-state index contributed by atoms with van der Waals surface area (Å²) in [5, 5.41) is 9.51. The van der Waals surface area contributed by atoms with E-state index in [1.165, 1.54) is 0 Å². The molecule has 0 aromatic heterocycles. The lowest BCUT2D eigenvalue weighted by atomic mass is 10.0. The summed E-state index contributed by atoms with van der Waals surface area (Å²) in [6.07, 6.45) is 0. The average molecular weight is 249 g/mol. The van der Waals surface area contributed by atoms with Gasteiger partial charge in [-0.25, -0.2) is 0 Å². The van der Waals surface area contributed by atoms with Crippen LogP contribution in [-0.2, 0) is 0 Å². The Labute approximate surface area is 85.5 Å². The minimum atomic E-state index is -0.157. The van der Waals surface area contributed by atoms with Crippen LogP contribution in [0.2, 0.25) is 5.02 Å². The van der Waals surface area contributed by atoms with Gasteiger partial charge in [-0.15, -0.1) is 0 Å². The Morgan fingerprint density at radius 3 is 2.83 bits per heavy atom. The monoisotopic (exact) mass is 247 g/mol. The lowest BCUT2D eigenvalue weighted by Crippen LogP contribution is -1.99.